The maximum atomic E-state index is 12.5. The third kappa shape index (κ3) is 4.03. The maximum Gasteiger partial charge on any atom is 0.302 e. The van der Waals surface area contributed by atoms with E-state index in [1.165, 1.54) is 12.8 Å². The molecular weight excluding hydrogens is 378 g/mol. The van der Waals surface area contributed by atoms with Gasteiger partial charge in [0.15, 0.2) is 23.3 Å². The van der Waals surface area contributed by atoms with E-state index in [4.69, 9.17) is 17.2 Å². The van der Waals surface area contributed by atoms with Gasteiger partial charge in [0.05, 0.1) is 0 Å². The number of nitrogens with two attached hydrogens (primary N) is 3. The number of hydrogen-bond donors (Lipinski definition) is 3. The summed E-state index contributed by atoms with van der Waals surface area (Å²) in [5, 5.41) is 2.20. The monoisotopic (exact) mass is 403 g/mol. The molecule has 30 heavy (non-hydrogen) atoms. The lowest BCUT2D eigenvalue weighted by atomic mass is 10.0. The van der Waals surface area contributed by atoms with Crippen molar-refractivity contribution in [3.8, 4) is 11.3 Å². The summed E-state index contributed by atoms with van der Waals surface area (Å²) in [4.78, 5) is 27.5. The topological polar surface area (TPSA) is 137 Å². The van der Waals surface area contributed by atoms with Crippen LogP contribution in [0.4, 0.5) is 11.6 Å². The molecule has 0 spiro atoms. The van der Waals surface area contributed by atoms with Crippen LogP contribution in [0.5, 0.6) is 0 Å². The van der Waals surface area contributed by atoms with Gasteiger partial charge in [-0.1, -0.05) is 49.2 Å². The van der Waals surface area contributed by atoms with Crippen molar-refractivity contribution in [1.29, 1.82) is 0 Å². The third-order valence-corrected chi connectivity index (χ3v) is 5.27. The number of amides is 1. The lowest BCUT2D eigenvalue weighted by Gasteiger charge is -2.24. The highest BCUT2D eigenvalue weighted by Crippen LogP contribution is 2.33. The molecule has 1 aromatic heterocycles. The Kier molecular flexibility index (Phi) is 5.47. The Morgan fingerprint density at radius 1 is 0.933 bits per heavy atom. The fourth-order valence-corrected chi connectivity index (χ4v) is 3.80. The van der Waals surface area contributed by atoms with Crippen molar-refractivity contribution < 1.29 is 4.79 Å². The van der Waals surface area contributed by atoms with Gasteiger partial charge in [-0.25, -0.2) is 9.97 Å². The molecule has 0 unspecified atom stereocenters. The highest BCUT2D eigenvalue weighted by atomic mass is 16.1. The summed E-state index contributed by atoms with van der Waals surface area (Å²) >= 11 is 0. The second-order valence-electron chi connectivity index (χ2n) is 7.43. The quantitative estimate of drug-likeness (QED) is 0.452. The van der Waals surface area contributed by atoms with Crippen molar-refractivity contribution in [3.05, 3.63) is 48.2 Å². The number of guanidine groups is 1. The minimum Gasteiger partial charge on any atom is -0.382 e. The summed E-state index contributed by atoms with van der Waals surface area (Å²) in [6.45, 7) is 1.74. The zero-order chi connectivity index (χ0) is 21.1. The molecule has 0 radical (unpaired) electrons. The molecule has 0 aliphatic carbocycles. The second kappa shape index (κ2) is 8.36. The Morgan fingerprint density at radius 2 is 1.63 bits per heavy atom. The lowest BCUT2D eigenvalue weighted by molar-refractivity contribution is 0.0998. The van der Waals surface area contributed by atoms with Crippen LogP contribution in [0, 0.1) is 0 Å². The first kappa shape index (κ1) is 19.6. The third-order valence-electron chi connectivity index (χ3n) is 5.27. The number of carbonyl (C=O) groups excluding carboxylic acids is 1. The fraction of sp³-hybridized carbons (Fsp3) is 0.273. The average molecular weight is 403 g/mol. The summed E-state index contributed by atoms with van der Waals surface area (Å²) in [5.74, 6) is -0.339. The molecule has 1 aliphatic heterocycles. The van der Waals surface area contributed by atoms with Crippen molar-refractivity contribution in [1.82, 2.24) is 9.97 Å². The van der Waals surface area contributed by atoms with Gasteiger partial charge in [-0.15, -0.1) is 0 Å². The molecule has 0 atom stereocenters. The number of aromatic nitrogens is 2. The molecule has 1 saturated heterocycles. The van der Waals surface area contributed by atoms with Crippen LogP contribution in [0.25, 0.3) is 22.0 Å². The molecule has 0 bridgehead atoms. The molecule has 1 fully saturated rings. The first-order chi connectivity index (χ1) is 14.5. The number of rotatable bonds is 3. The molecular formula is C22H25N7O. The van der Waals surface area contributed by atoms with Gasteiger partial charge in [0.25, 0.3) is 0 Å². The lowest BCUT2D eigenvalue weighted by Crippen LogP contribution is -2.27. The SMILES string of the molecule is NC(N)=NC(=O)c1nc(-c2ccc3ccccc3c2)c(N2CCCCCC2)nc1N. The number of carbonyl (C=O) groups is 1. The van der Waals surface area contributed by atoms with E-state index >= 15 is 0 Å². The van der Waals surface area contributed by atoms with E-state index in [2.05, 4.69) is 25.9 Å². The van der Waals surface area contributed by atoms with Crippen molar-refractivity contribution in [2.75, 3.05) is 23.7 Å². The Labute approximate surface area is 174 Å². The number of nitrogens with zero attached hydrogens (tertiary/aromatic N) is 4. The van der Waals surface area contributed by atoms with Gasteiger partial charge in [-0.3, -0.25) is 4.79 Å². The van der Waals surface area contributed by atoms with Crippen LogP contribution in [0.1, 0.15) is 36.2 Å². The summed E-state index contributed by atoms with van der Waals surface area (Å²) in [6.07, 6.45) is 4.53. The Balaban J connectivity index is 1.89. The van der Waals surface area contributed by atoms with Crippen LogP contribution in [0.3, 0.4) is 0 Å². The molecule has 154 valence electrons. The molecule has 2 heterocycles. The van der Waals surface area contributed by atoms with Crippen LogP contribution < -0.4 is 22.1 Å². The van der Waals surface area contributed by atoms with Gasteiger partial charge in [0.2, 0.25) is 0 Å². The predicted octanol–water partition coefficient (Wildman–Crippen LogP) is 2.67. The molecule has 3 aromatic rings. The number of anilines is 2. The van der Waals surface area contributed by atoms with Gasteiger partial charge in [-0.05, 0) is 29.7 Å². The summed E-state index contributed by atoms with van der Waals surface area (Å²) < 4.78 is 0. The predicted molar refractivity (Wildman–Crippen MR) is 120 cm³/mol. The number of fused-ring (bicyclic) bond motifs is 1. The number of nitrogen functional groups attached to an aromatic ring is 1. The molecule has 1 amide bonds. The van der Waals surface area contributed by atoms with E-state index in [1.807, 2.05) is 36.4 Å². The largest absolute Gasteiger partial charge is 0.382 e. The minimum absolute atomic E-state index is 0.0220. The first-order valence-electron chi connectivity index (χ1n) is 10.1. The molecule has 6 N–H and O–H groups in total. The smallest absolute Gasteiger partial charge is 0.302 e. The highest BCUT2D eigenvalue weighted by molar-refractivity contribution is 6.04. The highest BCUT2D eigenvalue weighted by Gasteiger charge is 2.23. The van der Waals surface area contributed by atoms with E-state index in [9.17, 15) is 4.79 Å². The zero-order valence-corrected chi connectivity index (χ0v) is 16.7. The van der Waals surface area contributed by atoms with Crippen molar-refractivity contribution >= 4 is 34.3 Å². The number of hydrogen-bond acceptors (Lipinski definition) is 5. The summed E-state index contributed by atoms with van der Waals surface area (Å²) in [6, 6.07) is 14.2. The van der Waals surface area contributed by atoms with Gasteiger partial charge >= 0.3 is 5.91 Å². The summed E-state index contributed by atoms with van der Waals surface area (Å²) in [5.41, 5.74) is 18.3. The normalized spacial score (nSPS) is 14.3. The second-order valence-corrected chi connectivity index (χ2v) is 7.43. The van der Waals surface area contributed by atoms with E-state index in [-0.39, 0.29) is 17.5 Å². The van der Waals surface area contributed by atoms with Gasteiger partial charge in [0.1, 0.15) is 5.69 Å². The van der Waals surface area contributed by atoms with E-state index in [1.54, 1.807) is 0 Å². The maximum absolute atomic E-state index is 12.5. The molecule has 8 heteroatoms. The van der Waals surface area contributed by atoms with Crippen LogP contribution in [-0.2, 0) is 0 Å². The Morgan fingerprint density at radius 3 is 2.33 bits per heavy atom. The van der Waals surface area contributed by atoms with Crippen LogP contribution in [0.15, 0.2) is 47.5 Å². The van der Waals surface area contributed by atoms with Crippen molar-refractivity contribution in [3.63, 3.8) is 0 Å². The van der Waals surface area contributed by atoms with Gasteiger partial charge in [-0.2, -0.15) is 4.99 Å². The van der Waals surface area contributed by atoms with Crippen LogP contribution in [0.2, 0.25) is 0 Å². The standard InChI is InChI=1S/C22H25N7O/c23-19-18(21(30)28-22(24)25)26-17(20(27-19)29-11-5-1-2-6-12-29)16-10-9-14-7-3-4-8-15(14)13-16/h3-4,7-10,13H,1-2,5-6,11-12H2,(H2,23,27)(H4,24,25,28,30). The molecule has 8 nitrogen and oxygen atoms in total. The molecule has 1 aliphatic rings. The number of benzene rings is 2. The van der Waals surface area contributed by atoms with E-state index < -0.39 is 5.91 Å². The number of aliphatic imine (C=N–C) groups is 1. The Bertz CT molecular complexity index is 1110. The van der Waals surface area contributed by atoms with Gasteiger partial charge in [0, 0.05) is 18.7 Å². The average Bonchev–Trinajstić information content (AvgIpc) is 3.02. The molecule has 2 aromatic carbocycles. The minimum atomic E-state index is -0.704. The Hall–Kier alpha value is -3.68. The van der Waals surface area contributed by atoms with E-state index in [0.29, 0.717) is 11.5 Å². The summed E-state index contributed by atoms with van der Waals surface area (Å²) in [7, 11) is 0. The zero-order valence-electron chi connectivity index (χ0n) is 16.7. The molecule has 4 rings (SSSR count). The fourth-order valence-electron chi connectivity index (χ4n) is 3.80. The van der Waals surface area contributed by atoms with Crippen LogP contribution >= 0.6 is 0 Å². The van der Waals surface area contributed by atoms with Crippen molar-refractivity contribution in [2.24, 2.45) is 16.5 Å². The molecule has 0 saturated carbocycles. The van der Waals surface area contributed by atoms with E-state index in [0.717, 1.165) is 42.3 Å². The van der Waals surface area contributed by atoms with Gasteiger partial charge < -0.3 is 22.1 Å². The van der Waals surface area contributed by atoms with Crippen LogP contribution in [-0.4, -0.2) is 34.9 Å². The first-order valence-corrected chi connectivity index (χ1v) is 10.1. The van der Waals surface area contributed by atoms with Crippen molar-refractivity contribution in [2.45, 2.75) is 25.7 Å².